The van der Waals surface area contributed by atoms with Crippen molar-refractivity contribution in [2.45, 2.75) is 6.92 Å². The lowest BCUT2D eigenvalue weighted by Gasteiger charge is -2.01. The van der Waals surface area contributed by atoms with Gasteiger partial charge in [0.1, 0.15) is 10.6 Å². The van der Waals surface area contributed by atoms with Gasteiger partial charge in [0, 0.05) is 22.0 Å². The monoisotopic (exact) mass is 278 g/mol. The van der Waals surface area contributed by atoms with E-state index < -0.39 is 0 Å². The maximum atomic E-state index is 13.0. The molecular formula is C13H8ClFN2S. The lowest BCUT2D eigenvalue weighted by atomic mass is 10.0. The van der Waals surface area contributed by atoms with Crippen LogP contribution in [0, 0.1) is 12.7 Å². The standard InChI is InChI=1S/C13H8ClFN2S/c1-7-11(8-2-4-9(15)5-3-8)10-6-16-13(14)17-12(10)18-7/h2-6H,1H3. The van der Waals surface area contributed by atoms with Crippen molar-refractivity contribution in [1.82, 2.24) is 9.97 Å². The second-order valence-electron chi connectivity index (χ2n) is 3.90. The summed E-state index contributed by atoms with van der Waals surface area (Å²) in [6.07, 6.45) is 1.72. The average Bonchev–Trinajstić information content (AvgIpc) is 2.65. The number of fused-ring (bicyclic) bond motifs is 1. The molecule has 0 radical (unpaired) electrons. The number of halogens is 2. The van der Waals surface area contributed by atoms with Gasteiger partial charge in [-0.1, -0.05) is 12.1 Å². The van der Waals surface area contributed by atoms with E-state index in [1.54, 1.807) is 29.7 Å². The van der Waals surface area contributed by atoms with Crippen LogP contribution in [0.2, 0.25) is 5.28 Å². The zero-order valence-corrected chi connectivity index (χ0v) is 11.0. The minimum Gasteiger partial charge on any atom is -0.226 e. The highest BCUT2D eigenvalue weighted by atomic mass is 35.5. The Morgan fingerprint density at radius 3 is 2.67 bits per heavy atom. The molecule has 0 fully saturated rings. The number of hydrogen-bond donors (Lipinski definition) is 0. The highest BCUT2D eigenvalue weighted by Crippen LogP contribution is 2.37. The van der Waals surface area contributed by atoms with E-state index in [9.17, 15) is 4.39 Å². The molecule has 0 bridgehead atoms. The molecule has 90 valence electrons. The van der Waals surface area contributed by atoms with Gasteiger partial charge in [-0.05, 0) is 36.2 Å². The van der Waals surface area contributed by atoms with Gasteiger partial charge in [0.15, 0.2) is 0 Å². The number of thiophene rings is 1. The van der Waals surface area contributed by atoms with E-state index in [0.717, 1.165) is 26.2 Å². The Kier molecular flexibility index (Phi) is 2.76. The molecule has 0 saturated heterocycles. The Balaban J connectivity index is 2.28. The van der Waals surface area contributed by atoms with Crippen LogP contribution >= 0.6 is 22.9 Å². The molecule has 0 N–H and O–H groups in total. The molecule has 0 aliphatic carbocycles. The lowest BCUT2D eigenvalue weighted by molar-refractivity contribution is 0.628. The molecule has 5 heteroatoms. The van der Waals surface area contributed by atoms with Crippen molar-refractivity contribution < 1.29 is 4.39 Å². The molecule has 18 heavy (non-hydrogen) atoms. The number of benzene rings is 1. The van der Waals surface area contributed by atoms with Gasteiger partial charge < -0.3 is 0 Å². The smallest absolute Gasteiger partial charge is 0.223 e. The van der Waals surface area contributed by atoms with Crippen LogP contribution in [0.4, 0.5) is 4.39 Å². The number of rotatable bonds is 1. The Morgan fingerprint density at radius 1 is 1.22 bits per heavy atom. The molecule has 3 aromatic rings. The fourth-order valence-corrected chi connectivity index (χ4v) is 3.16. The van der Waals surface area contributed by atoms with Gasteiger partial charge in [-0.2, -0.15) is 0 Å². The molecule has 3 rings (SSSR count). The van der Waals surface area contributed by atoms with Gasteiger partial charge in [0.25, 0.3) is 0 Å². The lowest BCUT2D eigenvalue weighted by Crippen LogP contribution is -1.83. The van der Waals surface area contributed by atoms with E-state index in [-0.39, 0.29) is 11.1 Å². The number of nitrogens with zero attached hydrogens (tertiary/aromatic N) is 2. The zero-order chi connectivity index (χ0) is 12.7. The van der Waals surface area contributed by atoms with E-state index in [0.29, 0.717) is 0 Å². The third kappa shape index (κ3) is 1.87. The first kappa shape index (κ1) is 11.6. The van der Waals surface area contributed by atoms with Crippen molar-refractivity contribution >= 4 is 33.2 Å². The molecule has 2 heterocycles. The van der Waals surface area contributed by atoms with E-state index in [1.807, 2.05) is 6.92 Å². The van der Waals surface area contributed by atoms with Crippen molar-refractivity contribution in [2.24, 2.45) is 0 Å². The minimum absolute atomic E-state index is 0.241. The summed E-state index contributed by atoms with van der Waals surface area (Å²) in [4.78, 5) is 10.2. The second-order valence-corrected chi connectivity index (χ2v) is 5.44. The number of aromatic nitrogens is 2. The van der Waals surface area contributed by atoms with Crippen LogP contribution in [-0.2, 0) is 0 Å². The maximum Gasteiger partial charge on any atom is 0.223 e. The highest BCUT2D eigenvalue weighted by Gasteiger charge is 2.13. The number of hydrogen-bond acceptors (Lipinski definition) is 3. The van der Waals surface area contributed by atoms with Crippen LogP contribution in [0.1, 0.15) is 4.88 Å². The highest BCUT2D eigenvalue weighted by molar-refractivity contribution is 7.19. The van der Waals surface area contributed by atoms with Crippen molar-refractivity contribution in [2.75, 3.05) is 0 Å². The summed E-state index contributed by atoms with van der Waals surface area (Å²) in [7, 11) is 0. The third-order valence-electron chi connectivity index (χ3n) is 2.73. The Hall–Kier alpha value is -1.52. The van der Waals surface area contributed by atoms with Crippen LogP contribution < -0.4 is 0 Å². The predicted molar refractivity (Wildman–Crippen MR) is 72.6 cm³/mol. The van der Waals surface area contributed by atoms with Gasteiger partial charge in [0.2, 0.25) is 5.28 Å². The van der Waals surface area contributed by atoms with Crippen LogP contribution in [-0.4, -0.2) is 9.97 Å². The molecule has 2 aromatic heterocycles. The summed E-state index contributed by atoms with van der Waals surface area (Å²) in [5, 5.41) is 1.20. The molecule has 0 amide bonds. The van der Waals surface area contributed by atoms with Gasteiger partial charge >= 0.3 is 0 Å². The molecule has 0 aliphatic heterocycles. The van der Waals surface area contributed by atoms with Gasteiger partial charge in [-0.15, -0.1) is 11.3 Å². The molecular weight excluding hydrogens is 271 g/mol. The summed E-state index contributed by atoms with van der Waals surface area (Å²) in [6, 6.07) is 6.43. The third-order valence-corrected chi connectivity index (χ3v) is 3.93. The van der Waals surface area contributed by atoms with Gasteiger partial charge in [0.05, 0.1) is 0 Å². The Morgan fingerprint density at radius 2 is 1.94 bits per heavy atom. The van der Waals surface area contributed by atoms with Crippen molar-refractivity contribution in [3.05, 3.63) is 46.4 Å². The fraction of sp³-hybridized carbons (Fsp3) is 0.0769. The molecule has 0 spiro atoms. The van der Waals surface area contributed by atoms with Crippen LogP contribution in [0.5, 0.6) is 0 Å². The fourth-order valence-electron chi connectivity index (χ4n) is 1.96. The Bertz CT molecular complexity index is 722. The molecule has 2 nitrogen and oxygen atoms in total. The largest absolute Gasteiger partial charge is 0.226 e. The maximum absolute atomic E-state index is 13.0. The van der Waals surface area contributed by atoms with Gasteiger partial charge in [-0.25, -0.2) is 14.4 Å². The summed E-state index contributed by atoms with van der Waals surface area (Å²) < 4.78 is 13.0. The SMILES string of the molecule is Cc1sc2nc(Cl)ncc2c1-c1ccc(F)cc1. The van der Waals surface area contributed by atoms with E-state index >= 15 is 0 Å². The Labute approximate surface area is 112 Å². The predicted octanol–water partition coefficient (Wildman–Crippen LogP) is 4.46. The summed E-state index contributed by atoms with van der Waals surface area (Å²) >= 11 is 7.34. The van der Waals surface area contributed by atoms with Crippen molar-refractivity contribution in [3.63, 3.8) is 0 Å². The first-order valence-electron chi connectivity index (χ1n) is 5.33. The molecule has 1 aromatic carbocycles. The molecule has 0 aliphatic rings. The van der Waals surface area contributed by atoms with Crippen molar-refractivity contribution in [3.8, 4) is 11.1 Å². The van der Waals surface area contributed by atoms with E-state index in [1.165, 1.54) is 12.1 Å². The molecule has 0 atom stereocenters. The average molecular weight is 279 g/mol. The first-order valence-corrected chi connectivity index (χ1v) is 6.52. The van der Waals surface area contributed by atoms with Gasteiger partial charge in [-0.3, -0.25) is 0 Å². The summed E-state index contributed by atoms with van der Waals surface area (Å²) in [6.45, 7) is 2.01. The number of aryl methyl sites for hydroxylation is 1. The normalized spacial score (nSPS) is 11.1. The first-order chi connectivity index (χ1) is 8.65. The van der Waals surface area contributed by atoms with E-state index in [2.05, 4.69) is 9.97 Å². The molecule has 0 unspecified atom stereocenters. The second kappa shape index (κ2) is 4.30. The van der Waals surface area contributed by atoms with E-state index in [4.69, 9.17) is 11.6 Å². The summed E-state index contributed by atoms with van der Waals surface area (Å²) in [5.74, 6) is -0.241. The minimum atomic E-state index is -0.241. The van der Waals surface area contributed by atoms with Crippen LogP contribution in [0.15, 0.2) is 30.5 Å². The van der Waals surface area contributed by atoms with Crippen LogP contribution in [0.3, 0.4) is 0 Å². The molecule has 0 saturated carbocycles. The van der Waals surface area contributed by atoms with Crippen LogP contribution in [0.25, 0.3) is 21.3 Å². The zero-order valence-electron chi connectivity index (χ0n) is 9.45. The van der Waals surface area contributed by atoms with Crippen molar-refractivity contribution in [1.29, 1.82) is 0 Å². The topological polar surface area (TPSA) is 25.8 Å². The summed E-state index contributed by atoms with van der Waals surface area (Å²) in [5.41, 5.74) is 2.01. The quantitative estimate of drug-likeness (QED) is 0.614.